The average Bonchev–Trinajstić information content (AvgIpc) is 3.53. The van der Waals surface area contributed by atoms with Crippen LogP contribution in [0.5, 0.6) is 5.75 Å². The minimum Gasteiger partial charge on any atom is -0.493 e. The quantitative estimate of drug-likeness (QED) is 0.407. The molecule has 2 saturated heterocycles. The molecule has 2 aliphatic rings. The lowest BCUT2D eigenvalue weighted by Gasteiger charge is -2.26. The number of benzene rings is 2. The van der Waals surface area contributed by atoms with Gasteiger partial charge >= 0.3 is 0 Å². The van der Waals surface area contributed by atoms with Gasteiger partial charge in [0, 0.05) is 35.7 Å². The zero-order valence-corrected chi connectivity index (χ0v) is 22.2. The van der Waals surface area contributed by atoms with Gasteiger partial charge in [0.05, 0.1) is 36.2 Å². The smallest absolute Gasteiger partial charge is 0.286 e. The number of aromatic nitrogens is 2. The van der Waals surface area contributed by atoms with Gasteiger partial charge in [0.1, 0.15) is 5.75 Å². The number of carbonyl (C=O) groups is 1. The highest BCUT2D eigenvalue weighted by atomic mass is 35.5. The van der Waals surface area contributed by atoms with Gasteiger partial charge < -0.3 is 14.2 Å². The average molecular weight is 545 g/mol. The first-order valence-electron chi connectivity index (χ1n) is 12.6. The summed E-state index contributed by atoms with van der Waals surface area (Å²) in [6.07, 6.45) is 3.78. The van der Waals surface area contributed by atoms with E-state index in [0.29, 0.717) is 47.7 Å². The van der Waals surface area contributed by atoms with Crippen LogP contribution in [0.15, 0.2) is 42.5 Å². The molecule has 196 valence electrons. The molecule has 3 aromatic rings. The molecule has 2 fully saturated rings. The minimum absolute atomic E-state index is 0.199. The number of carbonyl (C=O) groups excluding carboxylic acids is 1. The van der Waals surface area contributed by atoms with Crippen molar-refractivity contribution in [3.8, 4) is 22.7 Å². The highest BCUT2D eigenvalue weighted by Gasteiger charge is 2.25. The first-order valence-corrected chi connectivity index (χ1v) is 13.3. The first-order chi connectivity index (χ1) is 18.0. The summed E-state index contributed by atoms with van der Waals surface area (Å²) in [4.78, 5) is 13.3. The normalized spacial score (nSPS) is 16.7. The van der Waals surface area contributed by atoms with E-state index >= 15 is 0 Å². The van der Waals surface area contributed by atoms with Crippen molar-refractivity contribution in [3.63, 3.8) is 0 Å². The van der Waals surface area contributed by atoms with Crippen LogP contribution in [0.3, 0.4) is 0 Å². The summed E-state index contributed by atoms with van der Waals surface area (Å²) in [5, 5.41) is 7.65. The molecule has 1 N–H and O–H groups in total. The molecule has 0 aliphatic carbocycles. The Morgan fingerprint density at radius 3 is 2.51 bits per heavy atom. The summed E-state index contributed by atoms with van der Waals surface area (Å²) in [5.74, 6) is 0.499. The summed E-state index contributed by atoms with van der Waals surface area (Å²) in [6.45, 7) is 5.32. The van der Waals surface area contributed by atoms with Crippen molar-refractivity contribution >= 4 is 29.1 Å². The van der Waals surface area contributed by atoms with E-state index in [1.807, 2.05) is 36.2 Å². The van der Waals surface area contributed by atoms with E-state index < -0.39 is 0 Å². The van der Waals surface area contributed by atoms with Crippen LogP contribution in [0.25, 0.3) is 16.9 Å². The third-order valence-corrected chi connectivity index (χ3v) is 7.07. The highest BCUT2D eigenvalue weighted by Crippen LogP contribution is 2.33. The number of nitrogens with zero attached hydrogens (tertiary/aromatic N) is 3. The van der Waals surface area contributed by atoms with Gasteiger partial charge in [0.2, 0.25) is 0 Å². The molecule has 0 bridgehead atoms. The fraction of sp³-hybridized carbons (Fsp3) is 0.407. The molecular formula is C27H30Cl2N4O4. The maximum absolute atomic E-state index is 13.3. The molecular weight excluding hydrogens is 515 g/mol. The Balaban J connectivity index is 1.42. The predicted molar refractivity (Wildman–Crippen MR) is 142 cm³/mol. The molecule has 3 heterocycles. The fourth-order valence-corrected chi connectivity index (χ4v) is 5.12. The largest absolute Gasteiger partial charge is 0.493 e. The molecule has 37 heavy (non-hydrogen) atoms. The number of ether oxygens (including phenoxy) is 3. The number of nitrogens with one attached hydrogen (secondary N) is 1. The molecule has 0 radical (unpaired) electrons. The van der Waals surface area contributed by atoms with Crippen LogP contribution in [0.2, 0.25) is 10.0 Å². The Morgan fingerprint density at radius 1 is 1.08 bits per heavy atom. The van der Waals surface area contributed by atoms with Crippen molar-refractivity contribution in [2.75, 3.05) is 32.9 Å². The number of rotatable bonds is 8. The van der Waals surface area contributed by atoms with Crippen molar-refractivity contribution < 1.29 is 19.0 Å². The zero-order chi connectivity index (χ0) is 25.8. The maximum Gasteiger partial charge on any atom is 0.286 e. The Morgan fingerprint density at radius 2 is 1.81 bits per heavy atom. The Kier molecular flexibility index (Phi) is 8.32. The van der Waals surface area contributed by atoms with Gasteiger partial charge in [-0.1, -0.05) is 29.6 Å². The second-order valence-corrected chi connectivity index (χ2v) is 9.99. The first kappa shape index (κ1) is 26.0. The standard InChI is InChI=1S/C27H30Cl2N4O4/c1-18-25(27(34)31-32-12-3-2-4-13-32)30-33(23-10-7-20(28)17-22(23)29)26(18)19-5-8-21(9-6-19)35-14-11-24-36-15-16-37-24/h5-10,17,24H,2-4,11-16H2,1H3,(H,31,34). The number of piperidine rings is 1. The van der Waals surface area contributed by atoms with Crippen LogP contribution in [0.4, 0.5) is 0 Å². The zero-order valence-electron chi connectivity index (χ0n) is 20.7. The highest BCUT2D eigenvalue weighted by molar-refractivity contribution is 6.35. The maximum atomic E-state index is 13.3. The van der Waals surface area contributed by atoms with E-state index in [2.05, 4.69) is 5.43 Å². The fourth-order valence-electron chi connectivity index (χ4n) is 4.64. The Bertz CT molecular complexity index is 1240. The molecule has 2 aliphatic heterocycles. The van der Waals surface area contributed by atoms with E-state index in [-0.39, 0.29) is 12.2 Å². The van der Waals surface area contributed by atoms with Gasteiger partial charge in [-0.2, -0.15) is 5.10 Å². The second kappa shape index (κ2) is 11.8. The molecule has 0 atom stereocenters. The van der Waals surface area contributed by atoms with E-state index in [0.717, 1.165) is 48.5 Å². The Hall–Kier alpha value is -2.62. The summed E-state index contributed by atoms with van der Waals surface area (Å²) < 4.78 is 18.5. The lowest BCUT2D eigenvalue weighted by Crippen LogP contribution is -2.45. The van der Waals surface area contributed by atoms with Gasteiger partial charge in [0.25, 0.3) is 5.91 Å². The summed E-state index contributed by atoms with van der Waals surface area (Å²) in [6, 6.07) is 12.9. The molecule has 10 heteroatoms. The van der Waals surface area contributed by atoms with Crippen LogP contribution in [-0.2, 0) is 9.47 Å². The number of hydrogen-bond donors (Lipinski definition) is 1. The summed E-state index contributed by atoms with van der Waals surface area (Å²) in [7, 11) is 0. The van der Waals surface area contributed by atoms with E-state index in [1.54, 1.807) is 22.9 Å². The summed E-state index contributed by atoms with van der Waals surface area (Å²) >= 11 is 12.7. The van der Waals surface area contributed by atoms with Gasteiger partial charge in [-0.25, -0.2) is 9.69 Å². The molecule has 8 nitrogen and oxygen atoms in total. The minimum atomic E-state index is -0.235. The van der Waals surface area contributed by atoms with Crippen molar-refractivity contribution in [3.05, 3.63) is 63.8 Å². The number of halogens is 2. The van der Waals surface area contributed by atoms with E-state index in [4.69, 9.17) is 42.5 Å². The van der Waals surface area contributed by atoms with Crippen molar-refractivity contribution in [2.24, 2.45) is 0 Å². The van der Waals surface area contributed by atoms with Crippen LogP contribution >= 0.6 is 23.2 Å². The molecule has 5 rings (SSSR count). The predicted octanol–water partition coefficient (Wildman–Crippen LogP) is 5.43. The third-order valence-electron chi connectivity index (χ3n) is 6.53. The van der Waals surface area contributed by atoms with Gasteiger partial charge in [-0.15, -0.1) is 0 Å². The molecule has 0 saturated carbocycles. The molecule has 1 amide bonds. The molecule has 1 aromatic heterocycles. The van der Waals surface area contributed by atoms with Crippen molar-refractivity contribution in [1.82, 2.24) is 20.2 Å². The SMILES string of the molecule is Cc1c(C(=O)NN2CCCCC2)nn(-c2ccc(Cl)cc2Cl)c1-c1ccc(OCCC2OCCO2)cc1. The van der Waals surface area contributed by atoms with Crippen LogP contribution in [0, 0.1) is 6.92 Å². The lowest BCUT2D eigenvalue weighted by molar-refractivity contribution is -0.0531. The molecule has 2 aromatic carbocycles. The van der Waals surface area contributed by atoms with Crippen LogP contribution in [0.1, 0.15) is 41.7 Å². The van der Waals surface area contributed by atoms with E-state index in [9.17, 15) is 4.79 Å². The number of hydrogen-bond acceptors (Lipinski definition) is 6. The van der Waals surface area contributed by atoms with Crippen LogP contribution < -0.4 is 10.2 Å². The Labute approximate surface area is 226 Å². The monoisotopic (exact) mass is 544 g/mol. The molecule has 0 unspecified atom stereocenters. The molecule has 0 spiro atoms. The number of hydrazine groups is 1. The van der Waals surface area contributed by atoms with Gasteiger partial charge in [0.15, 0.2) is 12.0 Å². The lowest BCUT2D eigenvalue weighted by atomic mass is 10.1. The van der Waals surface area contributed by atoms with Gasteiger partial charge in [-0.3, -0.25) is 10.2 Å². The van der Waals surface area contributed by atoms with Gasteiger partial charge in [-0.05, 0) is 62.2 Å². The third kappa shape index (κ3) is 6.10. The van der Waals surface area contributed by atoms with Crippen molar-refractivity contribution in [1.29, 1.82) is 0 Å². The van der Waals surface area contributed by atoms with E-state index in [1.165, 1.54) is 6.42 Å². The van der Waals surface area contributed by atoms with Crippen LogP contribution in [-0.4, -0.2) is 59.9 Å². The summed E-state index contributed by atoms with van der Waals surface area (Å²) in [5.41, 5.74) is 6.41. The van der Waals surface area contributed by atoms with Crippen molar-refractivity contribution in [2.45, 2.75) is 38.9 Å². The number of amides is 1. The second-order valence-electron chi connectivity index (χ2n) is 9.15. The topological polar surface area (TPSA) is 77.9 Å².